The molecule has 3 heteroatoms. The average molecular weight is 223 g/mol. The molecule has 90 valence electrons. The molecule has 0 aromatic rings. The predicted molar refractivity (Wildman–Crippen MR) is 61.7 cm³/mol. The molecule has 0 radical (unpaired) electrons. The summed E-state index contributed by atoms with van der Waals surface area (Å²) < 4.78 is 0. The number of imide groups is 1. The summed E-state index contributed by atoms with van der Waals surface area (Å²) in [7, 11) is 0. The molecule has 16 heavy (non-hydrogen) atoms. The van der Waals surface area contributed by atoms with Crippen LogP contribution in [-0.2, 0) is 9.59 Å². The van der Waals surface area contributed by atoms with E-state index in [4.69, 9.17) is 0 Å². The standard InChI is InChI=1S/C13H21NO2/c1-2-3-4-5-6-7-8-14-12(15)10-9-11(10)13(14)16/h10-11H,2-9H2,1H3/t10-,11-/m1/s1. The van der Waals surface area contributed by atoms with E-state index in [0.717, 1.165) is 19.3 Å². The number of rotatable bonds is 7. The van der Waals surface area contributed by atoms with E-state index >= 15 is 0 Å². The van der Waals surface area contributed by atoms with Crippen molar-refractivity contribution in [1.82, 2.24) is 4.90 Å². The van der Waals surface area contributed by atoms with Crippen molar-refractivity contribution >= 4 is 11.8 Å². The molecule has 2 rings (SSSR count). The van der Waals surface area contributed by atoms with E-state index in [9.17, 15) is 9.59 Å². The summed E-state index contributed by atoms with van der Waals surface area (Å²) in [5.74, 6) is 0.354. The van der Waals surface area contributed by atoms with Gasteiger partial charge in [0, 0.05) is 6.54 Å². The Labute approximate surface area is 97.2 Å². The number of unbranched alkanes of at least 4 members (excludes halogenated alkanes) is 5. The van der Waals surface area contributed by atoms with Gasteiger partial charge in [-0.1, -0.05) is 39.0 Å². The molecular weight excluding hydrogens is 202 g/mol. The maximum atomic E-state index is 11.6. The summed E-state index contributed by atoms with van der Waals surface area (Å²) in [6.07, 6.45) is 8.02. The van der Waals surface area contributed by atoms with Crippen molar-refractivity contribution in [3.63, 3.8) is 0 Å². The van der Waals surface area contributed by atoms with Crippen molar-refractivity contribution in [2.24, 2.45) is 11.8 Å². The van der Waals surface area contributed by atoms with Crippen molar-refractivity contribution in [2.75, 3.05) is 6.54 Å². The number of likely N-dealkylation sites (tertiary alicyclic amines) is 1. The van der Waals surface area contributed by atoms with E-state index in [-0.39, 0.29) is 23.7 Å². The maximum absolute atomic E-state index is 11.6. The molecule has 2 atom stereocenters. The molecule has 2 aliphatic rings. The van der Waals surface area contributed by atoms with Gasteiger partial charge in [0.2, 0.25) is 11.8 Å². The predicted octanol–water partition coefficient (Wildman–Crippen LogP) is 2.35. The quantitative estimate of drug-likeness (QED) is 0.491. The van der Waals surface area contributed by atoms with Crippen molar-refractivity contribution < 1.29 is 9.59 Å². The van der Waals surface area contributed by atoms with E-state index in [0.29, 0.717) is 6.54 Å². The van der Waals surface area contributed by atoms with E-state index in [1.807, 2.05) is 0 Å². The van der Waals surface area contributed by atoms with Gasteiger partial charge in [-0.25, -0.2) is 0 Å². The Hall–Kier alpha value is -0.860. The van der Waals surface area contributed by atoms with Crippen molar-refractivity contribution in [2.45, 2.75) is 51.9 Å². The van der Waals surface area contributed by atoms with Gasteiger partial charge in [0.05, 0.1) is 11.8 Å². The molecule has 0 aromatic heterocycles. The van der Waals surface area contributed by atoms with Crippen LogP contribution >= 0.6 is 0 Å². The monoisotopic (exact) mass is 223 g/mol. The largest absolute Gasteiger partial charge is 0.282 e. The minimum Gasteiger partial charge on any atom is -0.282 e. The third-order valence-corrected chi connectivity index (χ3v) is 3.69. The Bertz CT molecular complexity index is 268. The van der Waals surface area contributed by atoms with Crippen LogP contribution < -0.4 is 0 Å². The fourth-order valence-corrected chi connectivity index (χ4v) is 2.52. The van der Waals surface area contributed by atoms with E-state index in [1.165, 1.54) is 30.6 Å². The molecule has 0 N–H and O–H groups in total. The van der Waals surface area contributed by atoms with Crippen LogP contribution in [0, 0.1) is 11.8 Å². The minimum atomic E-state index is 0.0765. The van der Waals surface area contributed by atoms with Gasteiger partial charge in [0.25, 0.3) is 0 Å². The lowest BCUT2D eigenvalue weighted by atomic mass is 10.1. The van der Waals surface area contributed by atoms with Crippen LogP contribution in [0.1, 0.15) is 51.9 Å². The van der Waals surface area contributed by atoms with Crippen LogP contribution in [-0.4, -0.2) is 23.3 Å². The Kier molecular flexibility index (Phi) is 3.62. The number of hydrogen-bond donors (Lipinski definition) is 0. The second kappa shape index (κ2) is 4.98. The van der Waals surface area contributed by atoms with Crippen molar-refractivity contribution in [3.05, 3.63) is 0 Å². The minimum absolute atomic E-state index is 0.0765. The molecule has 1 saturated heterocycles. The SMILES string of the molecule is CCCCCCCCN1C(=O)[C@@H]2C[C@H]2C1=O. The summed E-state index contributed by atoms with van der Waals surface area (Å²) in [5.41, 5.74) is 0. The number of amides is 2. The van der Waals surface area contributed by atoms with Gasteiger partial charge in [-0.15, -0.1) is 0 Å². The highest BCUT2D eigenvalue weighted by Crippen LogP contribution is 2.46. The van der Waals surface area contributed by atoms with Crippen LogP contribution in [0.5, 0.6) is 0 Å². The normalized spacial score (nSPS) is 27.4. The molecule has 1 saturated carbocycles. The molecule has 3 nitrogen and oxygen atoms in total. The molecule has 1 heterocycles. The number of nitrogens with zero attached hydrogens (tertiary/aromatic N) is 1. The molecule has 1 aliphatic heterocycles. The zero-order valence-corrected chi connectivity index (χ0v) is 10.1. The molecule has 2 fully saturated rings. The first-order chi connectivity index (χ1) is 7.75. The lowest BCUT2D eigenvalue weighted by Gasteiger charge is -2.15. The fraction of sp³-hybridized carbons (Fsp3) is 0.846. The number of fused-ring (bicyclic) bond motifs is 1. The van der Waals surface area contributed by atoms with Crippen LogP contribution in [0.4, 0.5) is 0 Å². The van der Waals surface area contributed by atoms with Gasteiger partial charge in [0.15, 0.2) is 0 Å². The summed E-state index contributed by atoms with van der Waals surface area (Å²) in [5, 5.41) is 0. The Morgan fingerprint density at radius 1 is 1.00 bits per heavy atom. The highest BCUT2D eigenvalue weighted by atomic mass is 16.2. The van der Waals surface area contributed by atoms with E-state index < -0.39 is 0 Å². The van der Waals surface area contributed by atoms with Crippen LogP contribution in [0.3, 0.4) is 0 Å². The Morgan fingerprint density at radius 2 is 1.56 bits per heavy atom. The first kappa shape index (κ1) is 11.6. The van der Waals surface area contributed by atoms with Gasteiger partial charge in [-0.3, -0.25) is 14.5 Å². The highest BCUT2D eigenvalue weighted by Gasteiger charge is 2.58. The molecular formula is C13H21NO2. The van der Waals surface area contributed by atoms with E-state index in [2.05, 4.69) is 6.92 Å². The molecule has 0 bridgehead atoms. The lowest BCUT2D eigenvalue weighted by Crippen LogP contribution is -2.33. The number of carbonyl (C=O) groups is 2. The fourth-order valence-electron chi connectivity index (χ4n) is 2.52. The van der Waals surface area contributed by atoms with Gasteiger partial charge in [-0.05, 0) is 12.8 Å². The number of carbonyl (C=O) groups excluding carboxylic acids is 2. The average Bonchev–Trinajstić information content (AvgIpc) is 3.02. The van der Waals surface area contributed by atoms with Crippen molar-refractivity contribution in [3.8, 4) is 0 Å². The van der Waals surface area contributed by atoms with Crippen LogP contribution in [0.25, 0.3) is 0 Å². The van der Waals surface area contributed by atoms with Crippen molar-refractivity contribution in [1.29, 1.82) is 0 Å². The Balaban J connectivity index is 1.60. The Morgan fingerprint density at radius 3 is 2.19 bits per heavy atom. The van der Waals surface area contributed by atoms with Crippen LogP contribution in [0.2, 0.25) is 0 Å². The zero-order valence-electron chi connectivity index (χ0n) is 10.1. The second-order valence-electron chi connectivity index (χ2n) is 5.04. The first-order valence-electron chi connectivity index (χ1n) is 6.61. The van der Waals surface area contributed by atoms with Gasteiger partial charge in [-0.2, -0.15) is 0 Å². The third kappa shape index (κ3) is 2.28. The molecule has 0 spiro atoms. The summed E-state index contributed by atoms with van der Waals surface area (Å²) in [4.78, 5) is 24.8. The molecule has 0 unspecified atom stereocenters. The molecule has 2 amide bonds. The third-order valence-electron chi connectivity index (χ3n) is 3.69. The van der Waals surface area contributed by atoms with Gasteiger partial charge in [0.1, 0.15) is 0 Å². The summed E-state index contributed by atoms with van der Waals surface area (Å²) in [6.45, 7) is 2.87. The zero-order chi connectivity index (χ0) is 11.5. The molecule has 0 aromatic carbocycles. The van der Waals surface area contributed by atoms with Gasteiger partial charge < -0.3 is 0 Å². The summed E-state index contributed by atoms with van der Waals surface area (Å²) in [6, 6.07) is 0. The maximum Gasteiger partial charge on any atom is 0.233 e. The second-order valence-corrected chi connectivity index (χ2v) is 5.04. The topological polar surface area (TPSA) is 37.4 Å². The smallest absolute Gasteiger partial charge is 0.233 e. The first-order valence-corrected chi connectivity index (χ1v) is 6.61. The van der Waals surface area contributed by atoms with Gasteiger partial charge >= 0.3 is 0 Å². The summed E-state index contributed by atoms with van der Waals surface area (Å²) >= 11 is 0. The number of hydrogen-bond acceptors (Lipinski definition) is 2. The highest BCUT2D eigenvalue weighted by molar-refractivity contribution is 6.08. The lowest BCUT2D eigenvalue weighted by molar-refractivity contribution is -0.141. The van der Waals surface area contributed by atoms with E-state index in [1.54, 1.807) is 0 Å². The molecule has 1 aliphatic carbocycles. The number of piperidine rings is 1. The van der Waals surface area contributed by atoms with Crippen LogP contribution in [0.15, 0.2) is 0 Å².